The maximum atomic E-state index is 5.70. The van der Waals surface area contributed by atoms with E-state index in [1.807, 2.05) is 0 Å². The van der Waals surface area contributed by atoms with Crippen molar-refractivity contribution >= 4 is 29.9 Å². The van der Waals surface area contributed by atoms with E-state index in [0.29, 0.717) is 12.6 Å². The Balaban J connectivity index is 0.00000261. The number of nitrogens with zero attached hydrogens (tertiary/aromatic N) is 2. The Hall–Kier alpha value is -0.860. The van der Waals surface area contributed by atoms with E-state index in [0.717, 1.165) is 38.6 Å². The zero-order chi connectivity index (χ0) is 18.0. The van der Waals surface area contributed by atoms with E-state index in [-0.39, 0.29) is 24.0 Å². The summed E-state index contributed by atoms with van der Waals surface area (Å²) in [6.07, 6.45) is 6.68. The van der Waals surface area contributed by atoms with Crippen molar-refractivity contribution in [2.45, 2.75) is 58.2 Å². The largest absolute Gasteiger partial charge is 0.376 e. The predicted octanol–water partition coefficient (Wildman–Crippen LogP) is 3.52. The van der Waals surface area contributed by atoms with Gasteiger partial charge in [-0.3, -0.25) is 4.90 Å². The summed E-state index contributed by atoms with van der Waals surface area (Å²) in [5, 5.41) is 6.79. The molecule has 1 atom stereocenters. The van der Waals surface area contributed by atoms with Crippen molar-refractivity contribution < 1.29 is 4.74 Å². The van der Waals surface area contributed by atoms with Crippen molar-refractivity contribution in [1.82, 2.24) is 15.5 Å². The van der Waals surface area contributed by atoms with Gasteiger partial charge in [-0.05, 0) is 56.8 Å². The smallest absolute Gasteiger partial charge is 0.191 e. The summed E-state index contributed by atoms with van der Waals surface area (Å²) in [4.78, 5) is 7.40. The van der Waals surface area contributed by atoms with Crippen LogP contribution in [0.15, 0.2) is 29.3 Å². The first-order chi connectivity index (χ1) is 12.8. The molecule has 2 N–H and O–H groups in total. The Morgan fingerprint density at radius 2 is 1.89 bits per heavy atom. The SMILES string of the molecule is CCNC(=NCc1ccccc1CN1CCCCC1)NCC1CCCO1.I. The highest BCUT2D eigenvalue weighted by molar-refractivity contribution is 14.0. The lowest BCUT2D eigenvalue weighted by atomic mass is 10.1. The summed E-state index contributed by atoms with van der Waals surface area (Å²) in [7, 11) is 0. The zero-order valence-electron chi connectivity index (χ0n) is 16.6. The van der Waals surface area contributed by atoms with Gasteiger partial charge in [0.05, 0.1) is 12.6 Å². The third-order valence-corrected chi connectivity index (χ3v) is 5.23. The second kappa shape index (κ2) is 12.6. The number of halogens is 1. The van der Waals surface area contributed by atoms with Crippen LogP contribution in [0, 0.1) is 0 Å². The number of aliphatic imine (C=N–C) groups is 1. The number of benzene rings is 1. The van der Waals surface area contributed by atoms with Crippen LogP contribution in [0.5, 0.6) is 0 Å². The minimum atomic E-state index is 0. The van der Waals surface area contributed by atoms with Gasteiger partial charge in [0.1, 0.15) is 0 Å². The predicted molar refractivity (Wildman–Crippen MR) is 123 cm³/mol. The van der Waals surface area contributed by atoms with Gasteiger partial charge in [-0.25, -0.2) is 4.99 Å². The highest BCUT2D eigenvalue weighted by Gasteiger charge is 2.16. The molecule has 0 aliphatic carbocycles. The van der Waals surface area contributed by atoms with Crippen LogP contribution in [0.25, 0.3) is 0 Å². The Bertz CT molecular complexity index is 569. The average molecular weight is 486 g/mol. The minimum absolute atomic E-state index is 0. The van der Waals surface area contributed by atoms with Crippen LogP contribution in [0.3, 0.4) is 0 Å². The molecule has 2 heterocycles. The molecule has 0 bridgehead atoms. The van der Waals surface area contributed by atoms with Crippen molar-refractivity contribution in [3.63, 3.8) is 0 Å². The number of hydrogen-bond donors (Lipinski definition) is 2. The van der Waals surface area contributed by atoms with Crippen molar-refractivity contribution in [3.8, 4) is 0 Å². The Kier molecular flexibility index (Phi) is 10.4. The van der Waals surface area contributed by atoms with Gasteiger partial charge < -0.3 is 15.4 Å². The maximum Gasteiger partial charge on any atom is 0.191 e. The lowest BCUT2D eigenvalue weighted by Gasteiger charge is -2.27. The Morgan fingerprint density at radius 3 is 2.59 bits per heavy atom. The molecule has 1 aromatic rings. The number of nitrogens with one attached hydrogen (secondary N) is 2. The molecule has 0 spiro atoms. The summed E-state index contributed by atoms with van der Waals surface area (Å²) >= 11 is 0. The molecule has 2 fully saturated rings. The standard InChI is InChI=1S/C21H34N4O.HI/c1-2-22-21(24-16-20-11-8-14-26-20)23-15-18-9-4-5-10-19(18)17-25-12-6-3-7-13-25;/h4-5,9-10,20H,2-3,6-8,11-17H2,1H3,(H2,22,23,24);1H. The highest BCUT2D eigenvalue weighted by atomic mass is 127. The van der Waals surface area contributed by atoms with E-state index in [1.165, 1.54) is 49.9 Å². The Morgan fingerprint density at radius 1 is 1.11 bits per heavy atom. The van der Waals surface area contributed by atoms with Gasteiger partial charge in [0, 0.05) is 26.2 Å². The molecule has 1 unspecified atom stereocenters. The molecule has 5 nitrogen and oxygen atoms in total. The van der Waals surface area contributed by atoms with Crippen molar-refractivity contribution in [3.05, 3.63) is 35.4 Å². The first-order valence-electron chi connectivity index (χ1n) is 10.3. The van der Waals surface area contributed by atoms with Gasteiger partial charge in [0.2, 0.25) is 0 Å². The third kappa shape index (κ3) is 7.58. The van der Waals surface area contributed by atoms with Crippen LogP contribution < -0.4 is 10.6 Å². The molecule has 0 aromatic heterocycles. The summed E-state index contributed by atoms with van der Waals surface area (Å²) in [5.41, 5.74) is 2.74. The molecule has 27 heavy (non-hydrogen) atoms. The van der Waals surface area contributed by atoms with Crippen LogP contribution in [0.2, 0.25) is 0 Å². The van der Waals surface area contributed by atoms with Gasteiger partial charge in [-0.1, -0.05) is 30.7 Å². The van der Waals surface area contributed by atoms with Crippen LogP contribution in [0.4, 0.5) is 0 Å². The van der Waals surface area contributed by atoms with E-state index in [1.54, 1.807) is 0 Å². The van der Waals surface area contributed by atoms with Gasteiger partial charge in [-0.15, -0.1) is 24.0 Å². The fourth-order valence-corrected chi connectivity index (χ4v) is 3.75. The number of hydrogen-bond acceptors (Lipinski definition) is 3. The molecule has 6 heteroatoms. The van der Waals surface area contributed by atoms with Gasteiger partial charge in [-0.2, -0.15) is 0 Å². The highest BCUT2D eigenvalue weighted by Crippen LogP contribution is 2.17. The minimum Gasteiger partial charge on any atom is -0.376 e. The third-order valence-electron chi connectivity index (χ3n) is 5.23. The molecule has 1 aromatic carbocycles. The van der Waals surface area contributed by atoms with Gasteiger partial charge in [0.15, 0.2) is 5.96 Å². The Labute approximate surface area is 181 Å². The molecule has 2 saturated heterocycles. The average Bonchev–Trinajstić information content (AvgIpc) is 3.19. The van der Waals surface area contributed by atoms with Crippen LogP contribution in [-0.4, -0.2) is 49.7 Å². The monoisotopic (exact) mass is 486 g/mol. The van der Waals surface area contributed by atoms with Crippen molar-refractivity contribution in [1.29, 1.82) is 0 Å². The zero-order valence-corrected chi connectivity index (χ0v) is 18.9. The molecule has 2 aliphatic rings. The van der Waals surface area contributed by atoms with E-state index in [4.69, 9.17) is 9.73 Å². The fourth-order valence-electron chi connectivity index (χ4n) is 3.75. The van der Waals surface area contributed by atoms with Crippen molar-refractivity contribution in [2.24, 2.45) is 4.99 Å². The molecule has 0 amide bonds. The molecule has 0 saturated carbocycles. The van der Waals surface area contributed by atoms with Crippen molar-refractivity contribution in [2.75, 3.05) is 32.8 Å². The fraction of sp³-hybridized carbons (Fsp3) is 0.667. The van der Waals surface area contributed by atoms with Crippen LogP contribution in [-0.2, 0) is 17.8 Å². The number of piperidine rings is 1. The molecule has 152 valence electrons. The van der Waals surface area contributed by atoms with Crippen LogP contribution >= 0.6 is 24.0 Å². The molecular weight excluding hydrogens is 451 g/mol. The second-order valence-electron chi connectivity index (χ2n) is 7.32. The first kappa shape index (κ1) is 22.4. The lowest BCUT2D eigenvalue weighted by molar-refractivity contribution is 0.114. The molecular formula is C21H35IN4O. The quantitative estimate of drug-likeness (QED) is 0.352. The summed E-state index contributed by atoms with van der Waals surface area (Å²) in [5.74, 6) is 0.885. The normalized spacial score (nSPS) is 20.9. The maximum absolute atomic E-state index is 5.70. The first-order valence-corrected chi connectivity index (χ1v) is 10.3. The number of ether oxygens (including phenoxy) is 1. The number of likely N-dealkylation sites (tertiary alicyclic amines) is 1. The van der Waals surface area contributed by atoms with E-state index >= 15 is 0 Å². The topological polar surface area (TPSA) is 48.9 Å². The summed E-state index contributed by atoms with van der Waals surface area (Å²) in [6.45, 7) is 8.91. The van der Waals surface area contributed by atoms with Gasteiger partial charge in [0.25, 0.3) is 0 Å². The molecule has 2 aliphatic heterocycles. The molecule has 3 rings (SSSR count). The number of guanidine groups is 1. The lowest BCUT2D eigenvalue weighted by Crippen LogP contribution is -2.41. The molecule has 0 radical (unpaired) electrons. The number of rotatable bonds is 7. The summed E-state index contributed by atoms with van der Waals surface area (Å²) < 4.78 is 5.70. The summed E-state index contributed by atoms with van der Waals surface area (Å²) in [6, 6.07) is 8.74. The van der Waals surface area contributed by atoms with E-state index < -0.39 is 0 Å². The van der Waals surface area contributed by atoms with Crippen LogP contribution in [0.1, 0.15) is 50.2 Å². The second-order valence-corrected chi connectivity index (χ2v) is 7.32. The van der Waals surface area contributed by atoms with E-state index in [9.17, 15) is 0 Å². The van der Waals surface area contributed by atoms with Gasteiger partial charge >= 0.3 is 0 Å². The van der Waals surface area contributed by atoms with E-state index in [2.05, 4.69) is 46.7 Å².